The lowest BCUT2D eigenvalue weighted by Crippen LogP contribution is -2.43. The molecule has 2 aromatic rings. The van der Waals surface area contributed by atoms with E-state index in [0.29, 0.717) is 16.5 Å². The third-order valence-electron chi connectivity index (χ3n) is 6.12. The van der Waals surface area contributed by atoms with Crippen LogP contribution in [0.2, 0.25) is 5.02 Å². The van der Waals surface area contributed by atoms with Gasteiger partial charge in [0.05, 0.1) is 18.1 Å². The van der Waals surface area contributed by atoms with Crippen molar-refractivity contribution in [3.8, 4) is 0 Å². The molecule has 0 spiro atoms. The van der Waals surface area contributed by atoms with E-state index in [1.807, 2.05) is 41.3 Å². The fourth-order valence-electron chi connectivity index (χ4n) is 4.28. The third-order valence-corrected chi connectivity index (χ3v) is 6.37. The number of esters is 1. The van der Waals surface area contributed by atoms with Crippen molar-refractivity contribution >= 4 is 23.5 Å². The smallest absolute Gasteiger partial charge is 0.337 e. The van der Waals surface area contributed by atoms with Crippen molar-refractivity contribution in [1.82, 2.24) is 4.90 Å². The fraction of sp³-hybridized carbons (Fsp3) is 0.391. The van der Waals surface area contributed by atoms with Crippen LogP contribution in [0.1, 0.15) is 53.1 Å². The van der Waals surface area contributed by atoms with Gasteiger partial charge in [0.2, 0.25) is 5.91 Å². The zero-order valence-corrected chi connectivity index (χ0v) is 16.7. The minimum atomic E-state index is -0.345. The van der Waals surface area contributed by atoms with Gasteiger partial charge in [-0.15, -0.1) is 0 Å². The Kier molecular flexibility index (Phi) is 5.15. The van der Waals surface area contributed by atoms with E-state index >= 15 is 0 Å². The number of ether oxygens (including phenoxy) is 1. The molecule has 146 valence electrons. The quantitative estimate of drug-likeness (QED) is 0.710. The van der Waals surface area contributed by atoms with E-state index in [9.17, 15) is 9.59 Å². The van der Waals surface area contributed by atoms with Crippen LogP contribution in [0.3, 0.4) is 0 Å². The van der Waals surface area contributed by atoms with E-state index in [1.165, 1.54) is 7.11 Å². The summed E-state index contributed by atoms with van der Waals surface area (Å²) >= 11 is 6.00. The SMILES string of the molecule is COC(=O)c1cccc(C2CCN(C(=O)C3(c4ccc(Cl)cc4)CC3)CC2)c1. The number of halogens is 1. The molecule has 1 aliphatic carbocycles. The number of likely N-dealkylation sites (tertiary alicyclic amines) is 1. The Morgan fingerprint density at radius 3 is 2.36 bits per heavy atom. The third kappa shape index (κ3) is 3.53. The average molecular weight is 398 g/mol. The molecule has 2 fully saturated rings. The maximum atomic E-state index is 13.2. The minimum Gasteiger partial charge on any atom is -0.465 e. The minimum absolute atomic E-state index is 0.247. The van der Waals surface area contributed by atoms with Crippen molar-refractivity contribution in [1.29, 1.82) is 0 Å². The van der Waals surface area contributed by atoms with Gasteiger partial charge >= 0.3 is 5.97 Å². The van der Waals surface area contributed by atoms with Crippen LogP contribution in [-0.2, 0) is 14.9 Å². The van der Waals surface area contributed by atoms with Crippen molar-refractivity contribution in [3.05, 3.63) is 70.2 Å². The number of rotatable bonds is 4. The van der Waals surface area contributed by atoms with Crippen molar-refractivity contribution in [2.24, 2.45) is 0 Å². The highest BCUT2D eigenvalue weighted by Gasteiger charge is 2.53. The summed E-state index contributed by atoms with van der Waals surface area (Å²) in [4.78, 5) is 27.0. The Labute approximate surface area is 170 Å². The largest absolute Gasteiger partial charge is 0.465 e. The number of carbonyl (C=O) groups is 2. The molecule has 28 heavy (non-hydrogen) atoms. The summed E-state index contributed by atoms with van der Waals surface area (Å²) in [5, 5.41) is 0.696. The topological polar surface area (TPSA) is 46.6 Å². The first-order valence-corrected chi connectivity index (χ1v) is 10.1. The predicted molar refractivity (Wildman–Crippen MR) is 109 cm³/mol. The molecule has 1 saturated carbocycles. The summed E-state index contributed by atoms with van der Waals surface area (Å²) in [5.41, 5.74) is 2.46. The molecule has 2 aliphatic rings. The summed E-state index contributed by atoms with van der Waals surface area (Å²) < 4.78 is 4.82. The lowest BCUT2D eigenvalue weighted by Gasteiger charge is -2.35. The van der Waals surface area contributed by atoms with Gasteiger partial charge in [0.25, 0.3) is 0 Å². The molecule has 1 aliphatic heterocycles. The summed E-state index contributed by atoms with van der Waals surface area (Å²) in [7, 11) is 1.40. The number of amides is 1. The molecular weight excluding hydrogens is 374 g/mol. The van der Waals surface area contributed by atoms with Crippen LogP contribution in [0.25, 0.3) is 0 Å². The maximum Gasteiger partial charge on any atom is 0.337 e. The highest BCUT2D eigenvalue weighted by molar-refractivity contribution is 6.30. The molecule has 0 bridgehead atoms. The van der Waals surface area contributed by atoms with Crippen LogP contribution < -0.4 is 0 Å². The highest BCUT2D eigenvalue weighted by atomic mass is 35.5. The van der Waals surface area contributed by atoms with Gasteiger partial charge in [-0.1, -0.05) is 35.9 Å². The summed E-state index contributed by atoms with van der Waals surface area (Å²) in [5.74, 6) is 0.295. The molecule has 0 radical (unpaired) electrons. The number of carbonyl (C=O) groups excluding carboxylic acids is 2. The summed E-state index contributed by atoms with van der Waals surface area (Å²) in [6, 6.07) is 15.4. The Hall–Kier alpha value is -2.33. The van der Waals surface area contributed by atoms with Gasteiger partial charge in [-0.05, 0) is 67.0 Å². The molecule has 4 nitrogen and oxygen atoms in total. The summed E-state index contributed by atoms with van der Waals surface area (Å²) in [6.45, 7) is 1.50. The number of hydrogen-bond acceptors (Lipinski definition) is 3. The zero-order valence-electron chi connectivity index (χ0n) is 16.0. The van der Waals surface area contributed by atoms with Gasteiger partial charge in [0.15, 0.2) is 0 Å². The van der Waals surface area contributed by atoms with Gasteiger partial charge in [-0.3, -0.25) is 4.79 Å². The molecular formula is C23H24ClNO3. The molecule has 1 amide bonds. The second-order valence-corrected chi connectivity index (χ2v) is 8.21. The van der Waals surface area contributed by atoms with Crippen molar-refractivity contribution < 1.29 is 14.3 Å². The standard InChI is InChI=1S/C23H24ClNO3/c1-28-21(26)18-4-2-3-17(15-18)16-9-13-25(14-10-16)22(27)23(11-12-23)19-5-7-20(24)8-6-19/h2-8,15-16H,9-14H2,1H3. The molecule has 4 rings (SSSR count). The fourth-order valence-corrected chi connectivity index (χ4v) is 4.40. The first-order valence-electron chi connectivity index (χ1n) is 9.77. The van der Waals surface area contributed by atoms with Gasteiger partial charge in [-0.25, -0.2) is 4.79 Å². The number of methoxy groups -OCH3 is 1. The Morgan fingerprint density at radius 1 is 1.07 bits per heavy atom. The number of nitrogens with zero attached hydrogens (tertiary/aromatic N) is 1. The summed E-state index contributed by atoms with van der Waals surface area (Å²) in [6.07, 6.45) is 3.64. The predicted octanol–water partition coefficient (Wildman–Crippen LogP) is 4.56. The van der Waals surface area contributed by atoms with E-state index in [-0.39, 0.29) is 17.3 Å². The molecule has 0 unspecified atom stereocenters. The van der Waals surface area contributed by atoms with Crippen molar-refractivity contribution in [2.45, 2.75) is 37.0 Å². The van der Waals surface area contributed by atoms with Gasteiger partial charge < -0.3 is 9.64 Å². The van der Waals surface area contributed by atoms with E-state index in [4.69, 9.17) is 16.3 Å². The van der Waals surface area contributed by atoms with Crippen LogP contribution in [0.5, 0.6) is 0 Å². The Bertz CT molecular complexity index is 881. The lowest BCUT2D eigenvalue weighted by molar-refractivity contribution is -0.135. The molecule has 0 atom stereocenters. The van der Waals surface area contributed by atoms with E-state index in [1.54, 1.807) is 6.07 Å². The van der Waals surface area contributed by atoms with Crippen LogP contribution in [0.15, 0.2) is 48.5 Å². The highest BCUT2D eigenvalue weighted by Crippen LogP contribution is 2.50. The number of piperidine rings is 1. The second-order valence-electron chi connectivity index (χ2n) is 7.77. The molecule has 0 N–H and O–H groups in total. The van der Waals surface area contributed by atoms with Crippen LogP contribution >= 0.6 is 11.6 Å². The van der Waals surface area contributed by atoms with E-state index < -0.39 is 0 Å². The molecule has 1 saturated heterocycles. The van der Waals surface area contributed by atoms with Gasteiger partial charge in [-0.2, -0.15) is 0 Å². The van der Waals surface area contributed by atoms with Crippen molar-refractivity contribution in [3.63, 3.8) is 0 Å². The normalized spacial score (nSPS) is 18.6. The first kappa shape index (κ1) is 19.0. The number of benzene rings is 2. The van der Waals surface area contributed by atoms with Crippen molar-refractivity contribution in [2.75, 3.05) is 20.2 Å². The van der Waals surface area contributed by atoms with Gasteiger partial charge in [0.1, 0.15) is 0 Å². The maximum absolute atomic E-state index is 13.2. The Balaban J connectivity index is 1.42. The van der Waals surface area contributed by atoms with E-state index in [2.05, 4.69) is 6.07 Å². The monoisotopic (exact) mass is 397 g/mol. The second kappa shape index (κ2) is 7.59. The van der Waals surface area contributed by atoms with Crippen LogP contribution in [0.4, 0.5) is 0 Å². The zero-order chi connectivity index (χ0) is 19.7. The van der Waals surface area contributed by atoms with Crippen LogP contribution in [-0.4, -0.2) is 37.0 Å². The molecule has 5 heteroatoms. The molecule has 1 heterocycles. The van der Waals surface area contributed by atoms with E-state index in [0.717, 1.165) is 49.9 Å². The molecule has 0 aromatic heterocycles. The van der Waals surface area contributed by atoms with Crippen LogP contribution in [0, 0.1) is 0 Å². The Morgan fingerprint density at radius 2 is 1.75 bits per heavy atom. The van der Waals surface area contributed by atoms with Gasteiger partial charge in [0, 0.05) is 18.1 Å². The lowest BCUT2D eigenvalue weighted by atomic mass is 9.87. The first-order chi connectivity index (χ1) is 13.5. The average Bonchev–Trinajstić information content (AvgIpc) is 3.55. The number of hydrogen-bond donors (Lipinski definition) is 0. The molecule has 2 aromatic carbocycles.